The first-order valence-electron chi connectivity index (χ1n) is 7.47. The van der Waals surface area contributed by atoms with Crippen LogP contribution in [0, 0.1) is 0 Å². The van der Waals surface area contributed by atoms with Gasteiger partial charge in [0.15, 0.2) is 17.2 Å². The van der Waals surface area contributed by atoms with Crippen LogP contribution < -0.4 is 0 Å². The third-order valence-electron chi connectivity index (χ3n) is 3.35. The first-order chi connectivity index (χ1) is 12.5. The fraction of sp³-hybridized carbons (Fsp3) is 0.533. The third kappa shape index (κ3) is 7.15. The molecule has 0 aliphatic heterocycles. The van der Waals surface area contributed by atoms with Gasteiger partial charge in [-0.1, -0.05) is 0 Å². The van der Waals surface area contributed by atoms with Crippen molar-refractivity contribution in [2.75, 3.05) is 20.3 Å². The van der Waals surface area contributed by atoms with Crippen molar-refractivity contribution in [1.82, 2.24) is 0 Å². The smallest absolute Gasteiger partial charge is 0.338 e. The Bertz CT molecular complexity index is 553. The summed E-state index contributed by atoms with van der Waals surface area (Å²) in [6, 6.07) is 2.00. The lowest BCUT2D eigenvalue weighted by Crippen LogP contribution is -2.50. The van der Waals surface area contributed by atoms with Crippen molar-refractivity contribution in [3.63, 3.8) is 0 Å². The molecular weight excluding hydrogens is 372 g/mol. The molecule has 0 radical (unpaired) electrons. The average Bonchev–Trinajstić information content (AvgIpc) is 2.68. The molecule has 0 bridgehead atoms. The fourth-order valence-electron chi connectivity index (χ4n) is 1.71. The number of hydrogen-bond donors (Lipinski definition) is 10. The van der Waals surface area contributed by atoms with Gasteiger partial charge in [0.25, 0.3) is 0 Å². The van der Waals surface area contributed by atoms with Gasteiger partial charge in [0.05, 0.1) is 25.9 Å². The summed E-state index contributed by atoms with van der Waals surface area (Å²) in [7, 11) is 1.17. The molecule has 4 unspecified atom stereocenters. The Morgan fingerprint density at radius 3 is 1.52 bits per heavy atom. The van der Waals surface area contributed by atoms with Gasteiger partial charge in [-0.3, -0.25) is 0 Å². The zero-order valence-corrected chi connectivity index (χ0v) is 14.2. The molecule has 0 aromatic heterocycles. The van der Waals surface area contributed by atoms with E-state index in [1.165, 1.54) is 7.11 Å². The number of ether oxygens (including phenoxy) is 1. The number of esters is 1. The maximum absolute atomic E-state index is 10.9. The molecule has 10 N–H and O–H groups in total. The summed E-state index contributed by atoms with van der Waals surface area (Å²) in [6.07, 6.45) is -8.68. The highest BCUT2D eigenvalue weighted by molar-refractivity contribution is 5.90. The fourth-order valence-corrected chi connectivity index (χ4v) is 1.71. The van der Waals surface area contributed by atoms with Crippen LogP contribution in [0.15, 0.2) is 12.1 Å². The van der Waals surface area contributed by atoms with Gasteiger partial charge in [-0.05, 0) is 12.1 Å². The zero-order chi connectivity index (χ0) is 21.3. The lowest BCUT2D eigenvalue weighted by Gasteiger charge is -2.27. The number of rotatable bonds is 7. The molecule has 27 heavy (non-hydrogen) atoms. The van der Waals surface area contributed by atoms with Crippen LogP contribution in [-0.2, 0) is 4.74 Å². The van der Waals surface area contributed by atoms with E-state index in [1.807, 2.05) is 0 Å². The molecule has 1 aromatic carbocycles. The topological polar surface area (TPSA) is 229 Å². The molecule has 0 spiro atoms. The number of aliphatic hydroxyl groups excluding tert-OH is 7. The van der Waals surface area contributed by atoms with Crippen LogP contribution in [0.25, 0.3) is 0 Å². The summed E-state index contributed by atoms with van der Waals surface area (Å²) >= 11 is 0. The minimum atomic E-state index is -1.85. The second-order valence-corrected chi connectivity index (χ2v) is 5.33. The van der Waals surface area contributed by atoms with Crippen LogP contribution in [0.2, 0.25) is 0 Å². The molecule has 1 aromatic rings. The van der Waals surface area contributed by atoms with Crippen LogP contribution in [0.3, 0.4) is 0 Å². The van der Waals surface area contributed by atoms with Gasteiger partial charge in [0.2, 0.25) is 0 Å². The number of carbonyl (C=O) groups is 1. The van der Waals surface area contributed by atoms with Crippen molar-refractivity contribution in [3.05, 3.63) is 17.7 Å². The summed E-state index contributed by atoms with van der Waals surface area (Å²) in [5.74, 6) is -2.50. The van der Waals surface area contributed by atoms with Crippen LogP contribution in [0.1, 0.15) is 10.4 Å². The highest BCUT2D eigenvalue weighted by Crippen LogP contribution is 2.35. The van der Waals surface area contributed by atoms with E-state index in [4.69, 9.17) is 51.1 Å². The Morgan fingerprint density at radius 2 is 1.22 bits per heavy atom. The summed E-state index contributed by atoms with van der Waals surface area (Å²) in [5.41, 5.74) is -0.0321. The van der Waals surface area contributed by atoms with E-state index in [0.29, 0.717) is 0 Å². The number of hydrogen-bond acceptors (Lipinski definition) is 12. The van der Waals surface area contributed by atoms with Crippen LogP contribution in [-0.4, -0.2) is 108 Å². The number of aromatic hydroxyl groups is 3. The Labute approximate surface area is 153 Å². The second kappa shape index (κ2) is 11.5. The van der Waals surface area contributed by atoms with E-state index in [0.717, 1.165) is 12.1 Å². The largest absolute Gasteiger partial charge is 0.504 e. The van der Waals surface area contributed by atoms with E-state index in [9.17, 15) is 4.79 Å². The standard InChI is InChI=1S/C8H8O5.C7H16O7/c1-13-8(12)4-2-5(9)7(11)6(10)3-4;8-1-3(10)5(12)7(14)6(13)4(11)2-9/h2-3,9-11H,1H3;3-14H,1-2H2. The second-order valence-electron chi connectivity index (χ2n) is 5.33. The molecule has 156 valence electrons. The Balaban J connectivity index is 0.000000501. The van der Waals surface area contributed by atoms with Gasteiger partial charge in [0.1, 0.15) is 30.5 Å². The first-order valence-corrected chi connectivity index (χ1v) is 7.47. The molecule has 0 fully saturated rings. The number of phenols is 3. The Hall–Kier alpha value is -2.19. The van der Waals surface area contributed by atoms with Crippen molar-refractivity contribution < 1.29 is 60.6 Å². The zero-order valence-electron chi connectivity index (χ0n) is 14.2. The van der Waals surface area contributed by atoms with E-state index >= 15 is 0 Å². The summed E-state index contributed by atoms with van der Waals surface area (Å²) in [4.78, 5) is 10.9. The van der Waals surface area contributed by atoms with Crippen molar-refractivity contribution >= 4 is 5.97 Å². The Kier molecular flexibility index (Phi) is 10.6. The lowest BCUT2D eigenvalue weighted by molar-refractivity contribution is -0.145. The molecule has 12 nitrogen and oxygen atoms in total. The summed E-state index contributed by atoms with van der Waals surface area (Å²) in [5, 5.41) is 88.9. The number of aliphatic hydroxyl groups is 7. The Morgan fingerprint density at radius 1 is 0.852 bits per heavy atom. The van der Waals surface area contributed by atoms with E-state index in [2.05, 4.69) is 4.74 Å². The van der Waals surface area contributed by atoms with Gasteiger partial charge >= 0.3 is 5.97 Å². The molecule has 0 aliphatic carbocycles. The normalized spacial score (nSPS) is 16.3. The maximum Gasteiger partial charge on any atom is 0.338 e. The monoisotopic (exact) mass is 396 g/mol. The number of carbonyl (C=O) groups excluding carboxylic acids is 1. The van der Waals surface area contributed by atoms with Gasteiger partial charge in [-0.15, -0.1) is 0 Å². The van der Waals surface area contributed by atoms with Gasteiger partial charge in [-0.2, -0.15) is 0 Å². The highest BCUT2D eigenvalue weighted by atomic mass is 16.5. The summed E-state index contributed by atoms with van der Waals surface area (Å²) in [6.45, 7) is -1.58. The van der Waals surface area contributed by atoms with Crippen LogP contribution in [0.5, 0.6) is 17.2 Å². The molecule has 0 saturated heterocycles. The van der Waals surface area contributed by atoms with Gasteiger partial charge in [0, 0.05) is 0 Å². The lowest BCUT2D eigenvalue weighted by atomic mass is 10.00. The minimum absolute atomic E-state index is 0.0321. The minimum Gasteiger partial charge on any atom is -0.504 e. The van der Waals surface area contributed by atoms with Crippen LogP contribution >= 0.6 is 0 Å². The molecule has 0 amide bonds. The maximum atomic E-state index is 10.9. The van der Waals surface area contributed by atoms with Gasteiger partial charge < -0.3 is 55.8 Å². The molecule has 12 heteroatoms. The van der Waals surface area contributed by atoms with Crippen molar-refractivity contribution in [3.8, 4) is 17.2 Å². The number of phenolic OH excluding ortho intramolecular Hbond substituents is 3. The molecule has 0 aliphatic rings. The molecule has 0 heterocycles. The van der Waals surface area contributed by atoms with E-state index in [1.54, 1.807) is 0 Å². The molecule has 4 atom stereocenters. The predicted octanol–water partition coefficient (Wildman–Crippen LogP) is -3.63. The average molecular weight is 396 g/mol. The molecular formula is C15H24O12. The van der Waals surface area contributed by atoms with E-state index < -0.39 is 67.0 Å². The number of benzene rings is 1. The van der Waals surface area contributed by atoms with Crippen molar-refractivity contribution in [1.29, 1.82) is 0 Å². The van der Waals surface area contributed by atoms with Crippen molar-refractivity contribution in [2.24, 2.45) is 0 Å². The van der Waals surface area contributed by atoms with Crippen molar-refractivity contribution in [2.45, 2.75) is 30.5 Å². The SMILES string of the molecule is COC(=O)c1cc(O)c(O)c(O)c1.OCC(O)C(O)C(O)C(O)C(O)CO. The number of methoxy groups -OCH3 is 1. The summed E-state index contributed by atoms with van der Waals surface area (Å²) < 4.78 is 4.34. The quantitative estimate of drug-likeness (QED) is 0.159. The van der Waals surface area contributed by atoms with Crippen LogP contribution in [0.4, 0.5) is 0 Å². The van der Waals surface area contributed by atoms with E-state index in [-0.39, 0.29) is 5.56 Å². The highest BCUT2D eigenvalue weighted by Gasteiger charge is 2.33. The predicted molar refractivity (Wildman–Crippen MR) is 87.0 cm³/mol. The van der Waals surface area contributed by atoms with Gasteiger partial charge in [-0.25, -0.2) is 4.79 Å². The first kappa shape index (κ1) is 24.8. The third-order valence-corrected chi connectivity index (χ3v) is 3.35. The molecule has 0 saturated carbocycles. The molecule has 1 rings (SSSR count).